The molecule has 0 radical (unpaired) electrons. The first kappa shape index (κ1) is 19.2. The Morgan fingerprint density at radius 1 is 1.18 bits per heavy atom. The summed E-state index contributed by atoms with van der Waals surface area (Å²) in [6.45, 7) is 3.52. The predicted octanol–water partition coefficient (Wildman–Crippen LogP) is 3.14. The summed E-state index contributed by atoms with van der Waals surface area (Å²) in [7, 11) is 0. The molecule has 2 fully saturated rings. The first-order valence-electron chi connectivity index (χ1n) is 10.1. The first-order chi connectivity index (χ1) is 13.5. The zero-order chi connectivity index (χ0) is 19.6. The maximum absolute atomic E-state index is 13.2. The zero-order valence-corrected chi connectivity index (χ0v) is 16.0. The van der Waals surface area contributed by atoms with Crippen LogP contribution in [0.4, 0.5) is 4.39 Å². The fourth-order valence-electron chi connectivity index (χ4n) is 4.43. The van der Waals surface area contributed by atoms with Gasteiger partial charge in [-0.2, -0.15) is 0 Å². The molecule has 3 heterocycles. The molecular weight excluding hydrogens is 359 g/mol. The lowest BCUT2D eigenvalue weighted by Crippen LogP contribution is -2.50. The van der Waals surface area contributed by atoms with Gasteiger partial charge in [0.2, 0.25) is 5.91 Å². The Hall–Kier alpha value is -2.18. The molecular formula is C22H27FN2O3. The molecule has 1 atom stereocenters. The predicted molar refractivity (Wildman–Crippen MR) is 103 cm³/mol. The van der Waals surface area contributed by atoms with Crippen LogP contribution in [0.2, 0.25) is 0 Å². The molecule has 0 saturated carbocycles. The molecule has 1 N–H and O–H groups in total. The Labute approximate surface area is 164 Å². The zero-order valence-electron chi connectivity index (χ0n) is 16.0. The van der Waals surface area contributed by atoms with Crippen molar-refractivity contribution in [2.45, 2.75) is 37.8 Å². The summed E-state index contributed by atoms with van der Waals surface area (Å²) in [4.78, 5) is 17.2. The van der Waals surface area contributed by atoms with Crippen molar-refractivity contribution >= 4 is 5.91 Å². The summed E-state index contributed by atoms with van der Waals surface area (Å²) in [6.07, 6.45) is 4.55. The Kier molecular flexibility index (Phi) is 5.51. The Bertz CT molecular complexity index is 783. The molecule has 1 aromatic heterocycles. The number of amides is 1. The van der Waals surface area contributed by atoms with Crippen molar-refractivity contribution < 1.29 is 18.7 Å². The topological polar surface area (TPSA) is 56.9 Å². The standard InChI is InChI=1S/C22H27FN2O3/c23-19-7-5-18(6-8-19)22(27)9-12-25(13-10-22)21(26)17-3-1-11-24(15-17)16-20-4-2-14-28-20/h2,4-8,14,17,27H,1,3,9-13,15-16H2/t17-/m1/s1. The summed E-state index contributed by atoms with van der Waals surface area (Å²) < 4.78 is 18.6. The second-order valence-corrected chi connectivity index (χ2v) is 8.02. The fraction of sp³-hybridized carbons (Fsp3) is 0.500. The lowest BCUT2D eigenvalue weighted by molar-refractivity contribution is -0.142. The van der Waals surface area contributed by atoms with Crippen molar-refractivity contribution in [3.63, 3.8) is 0 Å². The van der Waals surface area contributed by atoms with E-state index in [9.17, 15) is 14.3 Å². The van der Waals surface area contributed by atoms with Crippen LogP contribution in [0.15, 0.2) is 47.1 Å². The SMILES string of the molecule is O=C([C@@H]1CCCN(Cc2ccco2)C1)N1CCC(O)(c2ccc(F)cc2)CC1. The second kappa shape index (κ2) is 8.05. The van der Waals surface area contributed by atoms with Gasteiger partial charge in [0.25, 0.3) is 0 Å². The summed E-state index contributed by atoms with van der Waals surface area (Å²) in [5.41, 5.74) is -0.258. The third-order valence-electron chi connectivity index (χ3n) is 6.10. The molecule has 0 unspecified atom stereocenters. The van der Waals surface area contributed by atoms with Gasteiger partial charge >= 0.3 is 0 Å². The molecule has 5 nitrogen and oxygen atoms in total. The van der Waals surface area contributed by atoms with E-state index in [2.05, 4.69) is 4.90 Å². The van der Waals surface area contributed by atoms with E-state index >= 15 is 0 Å². The lowest BCUT2D eigenvalue weighted by atomic mass is 9.84. The van der Waals surface area contributed by atoms with E-state index in [4.69, 9.17) is 4.42 Å². The van der Waals surface area contributed by atoms with Crippen molar-refractivity contribution in [1.82, 2.24) is 9.80 Å². The maximum atomic E-state index is 13.2. The average Bonchev–Trinajstić information content (AvgIpc) is 3.22. The molecule has 1 aromatic carbocycles. The van der Waals surface area contributed by atoms with E-state index in [1.54, 1.807) is 18.4 Å². The smallest absolute Gasteiger partial charge is 0.226 e. The minimum atomic E-state index is -0.984. The summed E-state index contributed by atoms with van der Waals surface area (Å²) in [6, 6.07) is 9.88. The summed E-state index contributed by atoms with van der Waals surface area (Å²) in [5, 5.41) is 11.0. The van der Waals surface area contributed by atoms with Crippen LogP contribution in [0.5, 0.6) is 0 Å². The Balaban J connectivity index is 1.33. The number of furan rings is 1. The number of likely N-dealkylation sites (tertiary alicyclic amines) is 2. The average molecular weight is 386 g/mol. The highest BCUT2D eigenvalue weighted by Gasteiger charge is 2.37. The number of carbonyl (C=O) groups is 1. The molecule has 2 aromatic rings. The van der Waals surface area contributed by atoms with Gasteiger partial charge in [0, 0.05) is 19.6 Å². The number of nitrogens with zero attached hydrogens (tertiary/aromatic N) is 2. The van der Waals surface area contributed by atoms with Gasteiger partial charge in [-0.1, -0.05) is 12.1 Å². The van der Waals surface area contributed by atoms with E-state index < -0.39 is 5.60 Å². The van der Waals surface area contributed by atoms with Gasteiger partial charge in [0.1, 0.15) is 11.6 Å². The van der Waals surface area contributed by atoms with Crippen LogP contribution in [0.3, 0.4) is 0 Å². The molecule has 4 rings (SSSR count). The minimum Gasteiger partial charge on any atom is -0.468 e. The van der Waals surface area contributed by atoms with Gasteiger partial charge in [-0.15, -0.1) is 0 Å². The normalized spacial score (nSPS) is 22.9. The van der Waals surface area contributed by atoms with Gasteiger partial charge in [-0.3, -0.25) is 9.69 Å². The van der Waals surface area contributed by atoms with E-state index in [-0.39, 0.29) is 17.6 Å². The number of halogens is 1. The number of hydrogen-bond donors (Lipinski definition) is 1. The molecule has 0 spiro atoms. The molecule has 28 heavy (non-hydrogen) atoms. The molecule has 1 amide bonds. The van der Waals surface area contributed by atoms with Gasteiger partial charge in [0.15, 0.2) is 0 Å². The minimum absolute atomic E-state index is 0.000672. The van der Waals surface area contributed by atoms with Crippen LogP contribution < -0.4 is 0 Å². The molecule has 0 bridgehead atoms. The van der Waals surface area contributed by atoms with Crippen molar-refractivity contribution in [1.29, 1.82) is 0 Å². The summed E-state index contributed by atoms with van der Waals surface area (Å²) >= 11 is 0. The van der Waals surface area contributed by atoms with Gasteiger partial charge < -0.3 is 14.4 Å². The second-order valence-electron chi connectivity index (χ2n) is 8.02. The Morgan fingerprint density at radius 3 is 2.61 bits per heavy atom. The van der Waals surface area contributed by atoms with Crippen molar-refractivity contribution in [2.75, 3.05) is 26.2 Å². The highest BCUT2D eigenvalue weighted by atomic mass is 19.1. The lowest BCUT2D eigenvalue weighted by Gasteiger charge is -2.41. The number of benzene rings is 1. The van der Waals surface area contributed by atoms with Crippen LogP contribution in [0.1, 0.15) is 37.0 Å². The van der Waals surface area contributed by atoms with Crippen molar-refractivity contribution in [3.05, 3.63) is 59.8 Å². The van der Waals surface area contributed by atoms with Crippen LogP contribution in [-0.4, -0.2) is 47.0 Å². The number of carbonyl (C=O) groups excluding carboxylic acids is 1. The highest BCUT2D eigenvalue weighted by Crippen LogP contribution is 2.34. The van der Waals surface area contributed by atoms with E-state index in [1.807, 2.05) is 17.0 Å². The largest absolute Gasteiger partial charge is 0.468 e. The van der Waals surface area contributed by atoms with Gasteiger partial charge in [-0.05, 0) is 62.1 Å². The van der Waals surface area contributed by atoms with E-state index in [0.29, 0.717) is 25.9 Å². The number of aliphatic hydroxyl groups is 1. The van der Waals surface area contributed by atoms with Gasteiger partial charge in [-0.25, -0.2) is 4.39 Å². The molecule has 150 valence electrons. The Morgan fingerprint density at radius 2 is 1.93 bits per heavy atom. The third-order valence-corrected chi connectivity index (χ3v) is 6.10. The molecule has 0 aliphatic carbocycles. The molecule has 2 aliphatic rings. The molecule has 6 heteroatoms. The van der Waals surface area contributed by atoms with Gasteiger partial charge in [0.05, 0.1) is 24.3 Å². The van der Waals surface area contributed by atoms with Crippen molar-refractivity contribution in [2.24, 2.45) is 5.92 Å². The molecule has 2 aliphatic heterocycles. The fourth-order valence-corrected chi connectivity index (χ4v) is 4.43. The van der Waals surface area contributed by atoms with Crippen LogP contribution >= 0.6 is 0 Å². The van der Waals surface area contributed by atoms with Crippen LogP contribution in [-0.2, 0) is 16.9 Å². The number of rotatable bonds is 4. The van der Waals surface area contributed by atoms with Crippen molar-refractivity contribution in [3.8, 4) is 0 Å². The van der Waals surface area contributed by atoms with E-state index in [0.717, 1.165) is 43.8 Å². The quantitative estimate of drug-likeness (QED) is 0.877. The number of hydrogen-bond acceptors (Lipinski definition) is 4. The third kappa shape index (κ3) is 4.13. The monoisotopic (exact) mass is 386 g/mol. The van der Waals surface area contributed by atoms with Crippen LogP contribution in [0.25, 0.3) is 0 Å². The first-order valence-corrected chi connectivity index (χ1v) is 10.1. The highest BCUT2D eigenvalue weighted by molar-refractivity contribution is 5.79. The molecule has 2 saturated heterocycles. The number of piperidine rings is 2. The van der Waals surface area contributed by atoms with Crippen LogP contribution in [0, 0.1) is 11.7 Å². The maximum Gasteiger partial charge on any atom is 0.226 e. The summed E-state index contributed by atoms with van der Waals surface area (Å²) in [5.74, 6) is 0.804. The van der Waals surface area contributed by atoms with E-state index in [1.165, 1.54) is 12.1 Å².